The van der Waals surface area contributed by atoms with Gasteiger partial charge in [0.05, 0.1) is 31.1 Å². The number of aliphatic hydroxyl groups is 1. The van der Waals surface area contributed by atoms with Crippen LogP contribution in [0.25, 0.3) is 11.1 Å². The molecule has 0 unspecified atom stereocenters. The van der Waals surface area contributed by atoms with Gasteiger partial charge in [0.15, 0.2) is 0 Å². The minimum absolute atomic E-state index is 0.00397. The first-order chi connectivity index (χ1) is 19.6. The first-order valence-corrected chi connectivity index (χ1v) is 16.0. The molecule has 1 fully saturated rings. The summed E-state index contributed by atoms with van der Waals surface area (Å²) < 4.78 is 36.8. The lowest BCUT2D eigenvalue weighted by atomic mass is 9.97. The van der Waals surface area contributed by atoms with Crippen LogP contribution in [0, 0.1) is 0 Å². The molecule has 1 amide bonds. The summed E-state index contributed by atoms with van der Waals surface area (Å²) in [6.45, 7) is 2.67. The molecular weight excluding hydrogens is 540 g/mol. The van der Waals surface area contributed by atoms with Gasteiger partial charge in [-0.2, -0.15) is 0 Å². The number of hydrogen-bond acceptors (Lipinski definition) is 7. The van der Waals surface area contributed by atoms with Crippen molar-refractivity contribution in [3.8, 4) is 22.6 Å². The number of amides is 1. The molecule has 3 aromatic rings. The van der Waals surface area contributed by atoms with Crippen molar-refractivity contribution < 1.29 is 27.8 Å². The zero-order chi connectivity index (χ0) is 29.4. The van der Waals surface area contributed by atoms with E-state index in [0.717, 1.165) is 66.4 Å². The molecule has 3 aromatic carbocycles. The van der Waals surface area contributed by atoms with Crippen LogP contribution in [0.15, 0.2) is 66.7 Å². The molecule has 0 aliphatic heterocycles. The van der Waals surface area contributed by atoms with Gasteiger partial charge in [0, 0.05) is 6.04 Å². The summed E-state index contributed by atoms with van der Waals surface area (Å²) in [4.78, 5) is 12.7. The Morgan fingerprint density at radius 2 is 1.63 bits per heavy atom. The standard InChI is InChI=1S/C32H40N2O6S/c1-22(31(35)25-13-16-27(39-2)17-14-25)33-20-19-23-9-11-24(12-10-23)26-15-18-29(32(36)34-41(3,37)38)30(21-26)40-28-7-5-4-6-8-28/h9-18,21-22,28,31,33,35H,4-8,19-20H2,1-3H3,(H,34,36)/t22-,31-/m0/s1. The lowest BCUT2D eigenvalue weighted by Crippen LogP contribution is -2.33. The topological polar surface area (TPSA) is 114 Å². The largest absolute Gasteiger partial charge is 0.497 e. The van der Waals surface area contributed by atoms with Gasteiger partial charge in [0.1, 0.15) is 11.5 Å². The Hall–Kier alpha value is -3.40. The molecule has 0 aromatic heterocycles. The quantitative estimate of drug-likeness (QED) is 0.276. The minimum atomic E-state index is -3.70. The molecular formula is C32H40N2O6S. The average molecular weight is 581 g/mol. The normalized spacial score (nSPS) is 15.6. The zero-order valence-electron chi connectivity index (χ0n) is 23.9. The molecule has 220 valence electrons. The van der Waals surface area contributed by atoms with Crippen molar-refractivity contribution in [1.82, 2.24) is 10.0 Å². The van der Waals surface area contributed by atoms with Crippen molar-refractivity contribution in [2.75, 3.05) is 19.9 Å². The van der Waals surface area contributed by atoms with E-state index in [-0.39, 0.29) is 17.7 Å². The zero-order valence-corrected chi connectivity index (χ0v) is 24.7. The number of sulfonamides is 1. The Kier molecular flexibility index (Phi) is 10.4. The summed E-state index contributed by atoms with van der Waals surface area (Å²) >= 11 is 0. The van der Waals surface area contributed by atoms with E-state index in [1.54, 1.807) is 13.2 Å². The van der Waals surface area contributed by atoms with Gasteiger partial charge >= 0.3 is 0 Å². The van der Waals surface area contributed by atoms with E-state index in [1.165, 1.54) is 6.42 Å². The average Bonchev–Trinajstić information content (AvgIpc) is 2.96. The molecule has 1 saturated carbocycles. The van der Waals surface area contributed by atoms with Crippen LogP contribution in [0.4, 0.5) is 0 Å². The molecule has 0 heterocycles. The third kappa shape index (κ3) is 8.79. The molecule has 8 nitrogen and oxygen atoms in total. The second-order valence-electron chi connectivity index (χ2n) is 10.7. The number of hydrogen-bond donors (Lipinski definition) is 3. The highest BCUT2D eigenvalue weighted by Crippen LogP contribution is 2.31. The van der Waals surface area contributed by atoms with Gasteiger partial charge in [-0.25, -0.2) is 13.1 Å². The maximum absolute atomic E-state index is 12.7. The van der Waals surface area contributed by atoms with Crippen LogP contribution in [-0.2, 0) is 16.4 Å². The number of carbonyl (C=O) groups is 1. The number of carbonyl (C=O) groups excluding carboxylic acids is 1. The van der Waals surface area contributed by atoms with Crippen molar-refractivity contribution in [2.24, 2.45) is 0 Å². The van der Waals surface area contributed by atoms with Gasteiger partial charge in [-0.1, -0.05) is 48.9 Å². The van der Waals surface area contributed by atoms with Crippen LogP contribution in [0.5, 0.6) is 11.5 Å². The predicted molar refractivity (Wildman–Crippen MR) is 161 cm³/mol. The Labute approximate surface area is 243 Å². The van der Waals surface area contributed by atoms with Gasteiger partial charge < -0.3 is 19.9 Å². The summed E-state index contributed by atoms with van der Waals surface area (Å²) in [5.74, 6) is 0.457. The molecule has 0 bridgehead atoms. The van der Waals surface area contributed by atoms with Gasteiger partial charge in [-0.3, -0.25) is 4.79 Å². The third-order valence-electron chi connectivity index (χ3n) is 7.45. The van der Waals surface area contributed by atoms with Crippen molar-refractivity contribution >= 4 is 15.9 Å². The summed E-state index contributed by atoms with van der Waals surface area (Å²) in [7, 11) is -2.08. The fourth-order valence-corrected chi connectivity index (χ4v) is 5.53. The molecule has 0 spiro atoms. The van der Waals surface area contributed by atoms with Crippen molar-refractivity contribution in [1.29, 1.82) is 0 Å². The van der Waals surface area contributed by atoms with Gasteiger partial charge in [0.2, 0.25) is 10.0 Å². The first kappa shape index (κ1) is 30.6. The molecule has 3 N–H and O–H groups in total. The monoisotopic (exact) mass is 580 g/mol. The number of rotatable bonds is 12. The SMILES string of the molecule is COc1ccc([C@@H](O)[C@H](C)NCCc2ccc(-c3ccc(C(=O)NS(C)(=O)=O)c(OC4CCCCC4)c3)cc2)cc1. The highest BCUT2D eigenvalue weighted by Gasteiger charge is 2.22. The van der Waals surface area contributed by atoms with E-state index in [4.69, 9.17) is 9.47 Å². The van der Waals surface area contributed by atoms with Crippen molar-refractivity contribution in [3.05, 3.63) is 83.4 Å². The summed E-state index contributed by atoms with van der Waals surface area (Å²) in [6.07, 6.45) is 6.27. The predicted octanol–water partition coefficient (Wildman–Crippen LogP) is 5.02. The third-order valence-corrected chi connectivity index (χ3v) is 8.00. The Bertz CT molecular complexity index is 1400. The van der Waals surface area contributed by atoms with E-state index in [2.05, 4.69) is 22.2 Å². The number of methoxy groups -OCH3 is 1. The molecule has 41 heavy (non-hydrogen) atoms. The van der Waals surface area contributed by atoms with E-state index in [9.17, 15) is 18.3 Å². The van der Waals surface area contributed by atoms with E-state index < -0.39 is 22.0 Å². The van der Waals surface area contributed by atoms with Crippen molar-refractivity contribution in [3.63, 3.8) is 0 Å². The minimum Gasteiger partial charge on any atom is -0.497 e. The number of ether oxygens (including phenoxy) is 2. The maximum atomic E-state index is 12.7. The summed E-state index contributed by atoms with van der Waals surface area (Å²) in [5.41, 5.74) is 4.04. The fraction of sp³-hybridized carbons (Fsp3) is 0.406. The van der Waals surface area contributed by atoms with Gasteiger partial charge in [0.25, 0.3) is 5.91 Å². The summed E-state index contributed by atoms with van der Waals surface area (Å²) in [6, 6.07) is 20.8. The summed E-state index contributed by atoms with van der Waals surface area (Å²) in [5, 5.41) is 14.1. The number of nitrogens with one attached hydrogen (secondary N) is 2. The second kappa shape index (κ2) is 14.0. The van der Waals surface area contributed by atoms with E-state index in [1.807, 2.05) is 55.5 Å². The Morgan fingerprint density at radius 3 is 2.27 bits per heavy atom. The molecule has 1 aliphatic rings. The number of aliphatic hydroxyl groups excluding tert-OH is 1. The van der Waals surface area contributed by atoms with Gasteiger partial charge in [-0.15, -0.1) is 0 Å². The Balaban J connectivity index is 1.40. The molecule has 9 heteroatoms. The van der Waals surface area contributed by atoms with Crippen LogP contribution in [-0.4, -0.2) is 51.5 Å². The lowest BCUT2D eigenvalue weighted by Gasteiger charge is -2.24. The maximum Gasteiger partial charge on any atom is 0.268 e. The molecule has 0 saturated heterocycles. The van der Waals surface area contributed by atoms with Crippen molar-refractivity contribution in [2.45, 2.75) is 63.7 Å². The smallest absolute Gasteiger partial charge is 0.268 e. The highest BCUT2D eigenvalue weighted by molar-refractivity contribution is 7.89. The lowest BCUT2D eigenvalue weighted by molar-refractivity contribution is 0.0969. The molecule has 4 rings (SSSR count). The van der Waals surface area contributed by atoms with Crippen LogP contribution in [0.1, 0.15) is 66.6 Å². The van der Waals surface area contributed by atoms with E-state index in [0.29, 0.717) is 12.3 Å². The molecule has 1 aliphatic carbocycles. The van der Waals surface area contributed by atoms with Crippen LogP contribution in [0.2, 0.25) is 0 Å². The van der Waals surface area contributed by atoms with Crippen LogP contribution in [0.3, 0.4) is 0 Å². The van der Waals surface area contributed by atoms with E-state index >= 15 is 0 Å². The Morgan fingerprint density at radius 1 is 0.976 bits per heavy atom. The first-order valence-electron chi connectivity index (χ1n) is 14.1. The number of benzene rings is 3. The molecule has 2 atom stereocenters. The fourth-order valence-electron chi connectivity index (χ4n) is 5.08. The van der Waals surface area contributed by atoms with Crippen LogP contribution >= 0.6 is 0 Å². The second-order valence-corrected chi connectivity index (χ2v) is 12.4. The van der Waals surface area contributed by atoms with Gasteiger partial charge in [-0.05, 0) is 92.1 Å². The highest BCUT2D eigenvalue weighted by atomic mass is 32.2. The van der Waals surface area contributed by atoms with Crippen LogP contribution < -0.4 is 19.5 Å². The molecule has 0 radical (unpaired) electrons.